The molecule has 0 saturated carbocycles. The van der Waals surface area contributed by atoms with Crippen molar-refractivity contribution >= 4 is 29.9 Å². The molecule has 0 radical (unpaired) electrons. The van der Waals surface area contributed by atoms with Gasteiger partial charge in [0, 0.05) is 24.2 Å². The number of methoxy groups -OCH3 is 1. The molecule has 1 aromatic rings. The van der Waals surface area contributed by atoms with Crippen LogP contribution < -0.4 is 10.5 Å². The predicted octanol–water partition coefficient (Wildman–Crippen LogP) is 1.94. The number of hydrogen-bond acceptors (Lipinski definition) is 3. The summed E-state index contributed by atoms with van der Waals surface area (Å²) in [5.41, 5.74) is 6.28. The van der Waals surface area contributed by atoms with Crippen LogP contribution >= 0.6 is 24.0 Å². The van der Waals surface area contributed by atoms with E-state index >= 15 is 0 Å². The number of carbonyl (C=O) groups is 1. The molecule has 2 rings (SSSR count). The second-order valence-electron chi connectivity index (χ2n) is 4.14. The van der Waals surface area contributed by atoms with E-state index in [-0.39, 0.29) is 24.4 Å². The Balaban J connectivity index is 0.00000162. The average Bonchev–Trinajstić information content (AvgIpc) is 2.75. The summed E-state index contributed by atoms with van der Waals surface area (Å²) < 4.78 is 5.17. The minimum Gasteiger partial charge on any atom is -0.496 e. The van der Waals surface area contributed by atoms with Crippen molar-refractivity contribution in [2.45, 2.75) is 12.5 Å². The lowest BCUT2D eigenvalue weighted by Gasteiger charge is -2.17. The van der Waals surface area contributed by atoms with Crippen molar-refractivity contribution in [3.05, 3.63) is 28.8 Å². The summed E-state index contributed by atoms with van der Waals surface area (Å²) in [5, 5.41) is 0.526. The van der Waals surface area contributed by atoms with Crippen molar-refractivity contribution in [1.29, 1.82) is 0 Å². The van der Waals surface area contributed by atoms with Gasteiger partial charge >= 0.3 is 0 Å². The number of halogens is 2. The molecule has 1 aliphatic heterocycles. The van der Waals surface area contributed by atoms with E-state index in [0.29, 0.717) is 29.4 Å². The molecule has 1 amide bonds. The first kappa shape index (κ1) is 15.1. The van der Waals surface area contributed by atoms with Crippen molar-refractivity contribution in [2.75, 3.05) is 20.2 Å². The van der Waals surface area contributed by atoms with E-state index in [9.17, 15) is 4.79 Å². The Morgan fingerprint density at radius 3 is 2.83 bits per heavy atom. The van der Waals surface area contributed by atoms with Gasteiger partial charge in [-0.2, -0.15) is 0 Å². The molecule has 1 saturated heterocycles. The van der Waals surface area contributed by atoms with Crippen molar-refractivity contribution in [3.8, 4) is 5.75 Å². The molecule has 100 valence electrons. The molecule has 0 spiro atoms. The Morgan fingerprint density at radius 1 is 1.56 bits per heavy atom. The number of nitrogens with zero attached hydrogens (tertiary/aromatic N) is 1. The summed E-state index contributed by atoms with van der Waals surface area (Å²) in [7, 11) is 1.54. The maximum atomic E-state index is 12.3. The third kappa shape index (κ3) is 3.07. The molecule has 0 aromatic heterocycles. The number of nitrogens with two attached hydrogens (primary N) is 1. The number of carbonyl (C=O) groups excluding carboxylic acids is 1. The van der Waals surface area contributed by atoms with E-state index in [1.807, 2.05) is 0 Å². The van der Waals surface area contributed by atoms with Crippen LogP contribution in [-0.4, -0.2) is 37.0 Å². The van der Waals surface area contributed by atoms with Gasteiger partial charge < -0.3 is 15.4 Å². The molecule has 1 atom stereocenters. The summed E-state index contributed by atoms with van der Waals surface area (Å²) in [4.78, 5) is 14.0. The summed E-state index contributed by atoms with van der Waals surface area (Å²) in [5.74, 6) is 0.470. The number of amides is 1. The molecular formula is C12H16Cl2N2O2. The number of ether oxygens (including phenoxy) is 1. The quantitative estimate of drug-likeness (QED) is 0.906. The number of benzene rings is 1. The van der Waals surface area contributed by atoms with Gasteiger partial charge in [0.2, 0.25) is 0 Å². The van der Waals surface area contributed by atoms with E-state index in [1.54, 1.807) is 23.1 Å². The van der Waals surface area contributed by atoms with Crippen LogP contribution in [0.25, 0.3) is 0 Å². The standard InChI is InChI=1S/C12H15ClN2O2.ClH/c1-17-11-3-2-8(13)6-10(11)12(16)15-5-4-9(14)7-15;/h2-3,6,9H,4-5,7,14H2,1H3;1H. The van der Waals surface area contributed by atoms with Gasteiger partial charge in [-0.3, -0.25) is 4.79 Å². The topological polar surface area (TPSA) is 55.6 Å². The van der Waals surface area contributed by atoms with Crippen LogP contribution in [-0.2, 0) is 0 Å². The SMILES string of the molecule is COc1ccc(Cl)cc1C(=O)N1CCC(N)C1.Cl. The van der Waals surface area contributed by atoms with Crippen molar-refractivity contribution in [3.63, 3.8) is 0 Å². The lowest BCUT2D eigenvalue weighted by atomic mass is 10.1. The van der Waals surface area contributed by atoms with Gasteiger partial charge in [-0.15, -0.1) is 12.4 Å². The summed E-state index contributed by atoms with van der Waals surface area (Å²) in [6, 6.07) is 5.11. The molecule has 1 aliphatic rings. The Bertz CT molecular complexity index is 440. The Labute approximate surface area is 117 Å². The third-order valence-electron chi connectivity index (χ3n) is 2.90. The normalized spacial score (nSPS) is 18.4. The first-order valence-corrected chi connectivity index (χ1v) is 5.88. The van der Waals surface area contributed by atoms with Crippen molar-refractivity contribution in [1.82, 2.24) is 4.90 Å². The maximum absolute atomic E-state index is 12.3. The second-order valence-corrected chi connectivity index (χ2v) is 4.58. The van der Waals surface area contributed by atoms with Crippen LogP contribution in [0.5, 0.6) is 5.75 Å². The zero-order valence-electron chi connectivity index (χ0n) is 10.1. The molecule has 1 unspecified atom stereocenters. The molecule has 6 heteroatoms. The number of hydrogen-bond donors (Lipinski definition) is 1. The van der Waals surface area contributed by atoms with Crippen LogP contribution in [0.2, 0.25) is 5.02 Å². The van der Waals surface area contributed by atoms with E-state index in [0.717, 1.165) is 6.42 Å². The molecule has 1 heterocycles. The van der Waals surface area contributed by atoms with Gasteiger partial charge in [-0.1, -0.05) is 11.6 Å². The fourth-order valence-corrected chi connectivity index (χ4v) is 2.16. The van der Waals surface area contributed by atoms with E-state index in [2.05, 4.69) is 0 Å². The van der Waals surface area contributed by atoms with Gasteiger partial charge in [0.25, 0.3) is 5.91 Å². The Hall–Kier alpha value is -0.970. The first-order chi connectivity index (χ1) is 8.11. The number of rotatable bonds is 2. The highest BCUT2D eigenvalue weighted by Crippen LogP contribution is 2.25. The third-order valence-corrected chi connectivity index (χ3v) is 3.14. The monoisotopic (exact) mass is 290 g/mol. The van der Waals surface area contributed by atoms with Crippen molar-refractivity contribution in [2.24, 2.45) is 5.73 Å². The first-order valence-electron chi connectivity index (χ1n) is 5.50. The van der Waals surface area contributed by atoms with Crippen LogP contribution in [0.3, 0.4) is 0 Å². The Morgan fingerprint density at radius 2 is 2.28 bits per heavy atom. The largest absolute Gasteiger partial charge is 0.496 e. The minimum atomic E-state index is -0.0719. The van der Waals surface area contributed by atoms with Gasteiger partial charge in [-0.05, 0) is 24.6 Å². The Kier molecular flexibility index (Phi) is 5.26. The second kappa shape index (κ2) is 6.27. The zero-order valence-corrected chi connectivity index (χ0v) is 11.6. The maximum Gasteiger partial charge on any atom is 0.257 e. The van der Waals surface area contributed by atoms with Crippen LogP contribution in [0, 0.1) is 0 Å². The summed E-state index contributed by atoms with van der Waals surface area (Å²) >= 11 is 5.90. The van der Waals surface area contributed by atoms with Crippen LogP contribution in [0.4, 0.5) is 0 Å². The molecular weight excluding hydrogens is 275 g/mol. The van der Waals surface area contributed by atoms with Gasteiger partial charge in [0.05, 0.1) is 12.7 Å². The lowest BCUT2D eigenvalue weighted by Crippen LogP contribution is -2.32. The smallest absolute Gasteiger partial charge is 0.257 e. The van der Waals surface area contributed by atoms with Gasteiger partial charge in [-0.25, -0.2) is 0 Å². The highest BCUT2D eigenvalue weighted by Gasteiger charge is 2.26. The molecule has 0 bridgehead atoms. The predicted molar refractivity (Wildman–Crippen MR) is 73.7 cm³/mol. The van der Waals surface area contributed by atoms with E-state index in [4.69, 9.17) is 22.1 Å². The van der Waals surface area contributed by atoms with Crippen LogP contribution in [0.15, 0.2) is 18.2 Å². The summed E-state index contributed by atoms with van der Waals surface area (Å²) in [6.45, 7) is 1.28. The van der Waals surface area contributed by atoms with E-state index < -0.39 is 0 Å². The molecule has 1 aromatic carbocycles. The lowest BCUT2D eigenvalue weighted by molar-refractivity contribution is 0.0787. The van der Waals surface area contributed by atoms with Gasteiger partial charge in [0.15, 0.2) is 0 Å². The average molecular weight is 291 g/mol. The fourth-order valence-electron chi connectivity index (χ4n) is 1.99. The molecule has 2 N–H and O–H groups in total. The van der Waals surface area contributed by atoms with Gasteiger partial charge in [0.1, 0.15) is 5.75 Å². The van der Waals surface area contributed by atoms with Crippen LogP contribution in [0.1, 0.15) is 16.8 Å². The van der Waals surface area contributed by atoms with E-state index in [1.165, 1.54) is 7.11 Å². The molecule has 0 aliphatic carbocycles. The minimum absolute atomic E-state index is 0. The molecule has 18 heavy (non-hydrogen) atoms. The summed E-state index contributed by atoms with van der Waals surface area (Å²) in [6.07, 6.45) is 0.842. The number of likely N-dealkylation sites (tertiary alicyclic amines) is 1. The highest BCUT2D eigenvalue weighted by atomic mass is 35.5. The zero-order chi connectivity index (χ0) is 12.4. The molecule has 4 nitrogen and oxygen atoms in total. The fraction of sp³-hybridized carbons (Fsp3) is 0.417. The molecule has 1 fully saturated rings. The highest BCUT2D eigenvalue weighted by molar-refractivity contribution is 6.31. The van der Waals surface area contributed by atoms with Crippen molar-refractivity contribution < 1.29 is 9.53 Å².